The van der Waals surface area contributed by atoms with Crippen LogP contribution in [0.25, 0.3) is 0 Å². The van der Waals surface area contributed by atoms with Gasteiger partial charge in [0.1, 0.15) is 12.7 Å². The maximum absolute atomic E-state index is 7.06. The summed E-state index contributed by atoms with van der Waals surface area (Å²) in [7, 11) is -2.54. The zero-order valence-electron chi connectivity index (χ0n) is 42.5. The van der Waals surface area contributed by atoms with Crippen molar-refractivity contribution in [3.05, 3.63) is 97.3 Å². The minimum absolute atomic E-state index is 0.0332. The Labute approximate surface area is 398 Å². The lowest BCUT2D eigenvalue weighted by Gasteiger charge is -2.43. The average Bonchev–Trinajstić information content (AvgIpc) is 3.30. The van der Waals surface area contributed by atoms with E-state index in [0.717, 1.165) is 32.5 Å². The molecule has 0 aliphatic heterocycles. The maximum Gasteiger partial charge on any atom is 0.261 e. The van der Waals surface area contributed by atoms with Gasteiger partial charge in [0.15, 0.2) is 0 Å². The third-order valence-electron chi connectivity index (χ3n) is 12.6. The summed E-state index contributed by atoms with van der Waals surface area (Å²) in [6.07, 6.45) is 51.2. The molecule has 1 atom stereocenters. The zero-order valence-corrected chi connectivity index (χ0v) is 43.5. The molecule has 0 spiro atoms. The number of hydrogen-bond acceptors (Lipinski definition) is 4. The third-order valence-corrected chi connectivity index (χ3v) is 17.7. The molecule has 0 N–H and O–H groups in total. The summed E-state index contributed by atoms with van der Waals surface area (Å²) in [5.41, 5.74) is 0. The zero-order chi connectivity index (χ0) is 45.9. The highest BCUT2D eigenvalue weighted by atomic mass is 28.4. The summed E-state index contributed by atoms with van der Waals surface area (Å²) < 4.78 is 25.7. The van der Waals surface area contributed by atoms with Crippen molar-refractivity contribution in [1.29, 1.82) is 0 Å². The quantitative estimate of drug-likeness (QED) is 0.0287. The van der Waals surface area contributed by atoms with Crippen molar-refractivity contribution >= 4 is 18.7 Å². The fourth-order valence-electron chi connectivity index (χ4n) is 8.75. The van der Waals surface area contributed by atoms with Crippen molar-refractivity contribution in [3.8, 4) is 0 Å². The molecule has 2 aromatic carbocycles. The van der Waals surface area contributed by atoms with Crippen molar-refractivity contribution < 1.29 is 18.6 Å². The summed E-state index contributed by atoms with van der Waals surface area (Å²) in [6.45, 7) is 14.9. The molecule has 0 bridgehead atoms. The van der Waals surface area contributed by atoms with Gasteiger partial charge in [0.25, 0.3) is 8.32 Å². The summed E-state index contributed by atoms with van der Waals surface area (Å²) in [5.74, 6) is 0. The molecule has 0 aromatic heterocycles. The molecule has 4 nitrogen and oxygen atoms in total. The summed E-state index contributed by atoms with van der Waals surface area (Å²) in [5, 5.41) is 2.59. The Kier molecular flexibility index (Phi) is 36.8. The molecular formula is C59H100O4Si. The molecule has 0 fully saturated rings. The van der Waals surface area contributed by atoms with E-state index >= 15 is 0 Å². The van der Waals surface area contributed by atoms with Crippen molar-refractivity contribution in [2.45, 2.75) is 232 Å². The number of rotatable bonds is 44. The fourth-order valence-corrected chi connectivity index (χ4v) is 13.3. The molecule has 364 valence electrons. The monoisotopic (exact) mass is 901 g/mol. The Balaban J connectivity index is 1.71. The number of benzene rings is 2. The Hall–Kier alpha value is -2.44. The molecular weight excluding hydrogens is 801 g/mol. The maximum atomic E-state index is 7.06. The van der Waals surface area contributed by atoms with Crippen LogP contribution in [0.2, 0.25) is 5.04 Å². The number of ether oxygens (including phenoxy) is 3. The summed E-state index contributed by atoms with van der Waals surface area (Å²) in [6, 6.07) is 21.8. The Morgan fingerprint density at radius 1 is 0.438 bits per heavy atom. The second-order valence-electron chi connectivity index (χ2n) is 19.4. The predicted octanol–water partition coefficient (Wildman–Crippen LogP) is 17.0. The molecule has 0 aliphatic carbocycles. The van der Waals surface area contributed by atoms with E-state index in [0.29, 0.717) is 19.8 Å². The smallest absolute Gasteiger partial charge is 0.261 e. The van der Waals surface area contributed by atoms with Crippen LogP contribution in [0.5, 0.6) is 0 Å². The first kappa shape index (κ1) is 57.7. The van der Waals surface area contributed by atoms with E-state index in [1.807, 2.05) is 6.26 Å². The first-order chi connectivity index (χ1) is 31.5. The first-order valence-electron chi connectivity index (χ1n) is 27.0. The highest BCUT2D eigenvalue weighted by molar-refractivity contribution is 6.99. The summed E-state index contributed by atoms with van der Waals surface area (Å²) >= 11 is 0. The van der Waals surface area contributed by atoms with E-state index in [2.05, 4.69) is 126 Å². The van der Waals surface area contributed by atoms with Gasteiger partial charge in [-0.05, 0) is 92.1 Å². The van der Waals surface area contributed by atoms with E-state index in [9.17, 15) is 0 Å². The lowest BCUT2D eigenvalue weighted by molar-refractivity contribution is -0.0464. The Bertz CT molecular complexity index is 1330. The van der Waals surface area contributed by atoms with Gasteiger partial charge in [-0.2, -0.15) is 0 Å². The highest BCUT2D eigenvalue weighted by Crippen LogP contribution is 2.36. The largest absolute Gasteiger partial charge is 0.499 e. The second kappa shape index (κ2) is 40.8. The van der Waals surface area contributed by atoms with Gasteiger partial charge in [-0.25, -0.2) is 0 Å². The minimum atomic E-state index is -2.54. The topological polar surface area (TPSA) is 36.9 Å². The molecule has 0 radical (unpaired) electrons. The van der Waals surface area contributed by atoms with Crippen molar-refractivity contribution in [2.75, 3.05) is 33.0 Å². The molecule has 0 amide bonds. The lowest BCUT2D eigenvalue weighted by Crippen LogP contribution is -2.66. The van der Waals surface area contributed by atoms with Crippen LogP contribution in [0.15, 0.2) is 97.3 Å². The molecule has 0 saturated heterocycles. The molecule has 2 aromatic rings. The normalized spacial score (nSPS) is 13.0. The standard InChI is InChI=1S/C59H100O4Si/c1-6-8-10-12-14-16-18-20-22-24-26-28-30-32-34-42-50-60-54-56(62-52-43-35-33-31-29-27-25-23-21-19-17-15-13-11-9-7-2)55-61-51-44-45-53-63-64(59(3,4)5,57-46-38-36-39-47-57)58-48-40-37-41-49-58/h20-23,36-41,44,46-49,51,56H,6-19,24-35,42-43,45,50,52-55H2,1-5H3/b22-20-,23-21-,51-44?. The molecule has 0 aliphatic rings. The van der Waals surface area contributed by atoms with E-state index in [1.165, 1.54) is 177 Å². The van der Waals surface area contributed by atoms with Crippen molar-refractivity contribution in [2.24, 2.45) is 0 Å². The van der Waals surface area contributed by atoms with Crippen LogP contribution in [-0.2, 0) is 18.6 Å². The predicted molar refractivity (Wildman–Crippen MR) is 283 cm³/mol. The SMILES string of the molecule is CCCCCCCC/C=C\CCCCCCCCOCC(COC=CCCO[Si](c1ccccc1)(c1ccccc1)C(C)(C)C)OCCCCCCCC/C=C\CCCCCCCC. The van der Waals surface area contributed by atoms with E-state index < -0.39 is 8.32 Å². The molecule has 5 heteroatoms. The van der Waals surface area contributed by atoms with Gasteiger partial charge in [-0.3, -0.25) is 0 Å². The van der Waals surface area contributed by atoms with Gasteiger partial charge in [0, 0.05) is 19.8 Å². The minimum Gasteiger partial charge on any atom is -0.499 e. The molecule has 1 unspecified atom stereocenters. The Morgan fingerprint density at radius 3 is 1.28 bits per heavy atom. The van der Waals surface area contributed by atoms with Crippen LogP contribution in [0.4, 0.5) is 0 Å². The lowest BCUT2D eigenvalue weighted by atomic mass is 10.1. The van der Waals surface area contributed by atoms with Crippen LogP contribution in [0.3, 0.4) is 0 Å². The highest BCUT2D eigenvalue weighted by Gasteiger charge is 2.49. The first-order valence-corrected chi connectivity index (χ1v) is 28.9. The summed E-state index contributed by atoms with van der Waals surface area (Å²) in [4.78, 5) is 0. The molecule has 64 heavy (non-hydrogen) atoms. The van der Waals surface area contributed by atoms with Gasteiger partial charge < -0.3 is 18.6 Å². The Morgan fingerprint density at radius 2 is 0.844 bits per heavy atom. The number of hydrogen-bond donors (Lipinski definition) is 0. The van der Waals surface area contributed by atoms with E-state index in [1.54, 1.807) is 0 Å². The fraction of sp³-hybridized carbons (Fsp3) is 0.695. The van der Waals surface area contributed by atoms with Crippen LogP contribution < -0.4 is 10.4 Å². The third kappa shape index (κ3) is 28.6. The van der Waals surface area contributed by atoms with Crippen LogP contribution >= 0.6 is 0 Å². The van der Waals surface area contributed by atoms with Crippen LogP contribution in [0, 0.1) is 0 Å². The van der Waals surface area contributed by atoms with Gasteiger partial charge >= 0.3 is 0 Å². The molecule has 2 rings (SSSR count). The van der Waals surface area contributed by atoms with Gasteiger partial charge in [0.2, 0.25) is 0 Å². The van der Waals surface area contributed by atoms with Gasteiger partial charge in [0.05, 0.1) is 12.9 Å². The van der Waals surface area contributed by atoms with Crippen LogP contribution in [-0.4, -0.2) is 47.5 Å². The van der Waals surface area contributed by atoms with Crippen molar-refractivity contribution in [3.63, 3.8) is 0 Å². The van der Waals surface area contributed by atoms with Gasteiger partial charge in [-0.15, -0.1) is 0 Å². The number of allylic oxidation sites excluding steroid dienone is 4. The molecule has 0 heterocycles. The van der Waals surface area contributed by atoms with Gasteiger partial charge in [-0.1, -0.05) is 235 Å². The second-order valence-corrected chi connectivity index (χ2v) is 23.8. The average molecular weight is 902 g/mol. The molecule has 0 saturated carbocycles. The van der Waals surface area contributed by atoms with Crippen LogP contribution in [0.1, 0.15) is 221 Å². The van der Waals surface area contributed by atoms with Crippen molar-refractivity contribution in [1.82, 2.24) is 0 Å². The van der Waals surface area contributed by atoms with E-state index in [4.69, 9.17) is 18.6 Å². The number of unbranched alkanes of at least 4 members (excludes halogenated alkanes) is 24. The van der Waals surface area contributed by atoms with E-state index in [-0.39, 0.29) is 11.1 Å².